The van der Waals surface area contributed by atoms with Gasteiger partial charge in [0.15, 0.2) is 5.78 Å². The second kappa shape index (κ2) is 5.25. The van der Waals surface area contributed by atoms with E-state index in [2.05, 4.69) is 33.9 Å². The van der Waals surface area contributed by atoms with Crippen LogP contribution in [0.5, 0.6) is 0 Å². The van der Waals surface area contributed by atoms with Crippen LogP contribution in [-0.2, 0) is 6.42 Å². The summed E-state index contributed by atoms with van der Waals surface area (Å²) in [7, 11) is 0. The molecule has 3 heteroatoms. The third kappa shape index (κ3) is 2.18. The van der Waals surface area contributed by atoms with Crippen molar-refractivity contribution in [3.05, 3.63) is 69.8 Å². The van der Waals surface area contributed by atoms with Crippen molar-refractivity contribution >= 4 is 32.6 Å². The minimum atomic E-state index is 0.0470. The van der Waals surface area contributed by atoms with E-state index in [1.807, 2.05) is 42.6 Å². The maximum Gasteiger partial charge on any atom is 0.195 e. The van der Waals surface area contributed by atoms with Gasteiger partial charge in [0.1, 0.15) is 0 Å². The van der Waals surface area contributed by atoms with E-state index < -0.39 is 0 Å². The summed E-state index contributed by atoms with van der Waals surface area (Å²) in [5, 5.41) is 0.995. The Bertz CT molecular complexity index is 789. The Kier molecular flexibility index (Phi) is 3.45. The first kappa shape index (κ1) is 13.1. The highest BCUT2D eigenvalue weighted by Crippen LogP contribution is 2.25. The third-order valence-electron chi connectivity index (χ3n) is 3.51. The fraction of sp³-hybridized carbons (Fsp3) is 0.118. The lowest BCUT2D eigenvalue weighted by Crippen LogP contribution is -2.00. The van der Waals surface area contributed by atoms with E-state index in [4.69, 9.17) is 0 Å². The van der Waals surface area contributed by atoms with E-state index >= 15 is 0 Å². The molecule has 0 spiro atoms. The Hall–Kier alpha value is -1.87. The zero-order valence-electron chi connectivity index (χ0n) is 11.1. The van der Waals surface area contributed by atoms with Gasteiger partial charge in [0, 0.05) is 32.7 Å². The van der Waals surface area contributed by atoms with Crippen molar-refractivity contribution in [1.29, 1.82) is 0 Å². The first-order chi connectivity index (χ1) is 9.70. The van der Waals surface area contributed by atoms with Crippen LogP contribution in [0.2, 0.25) is 0 Å². The summed E-state index contributed by atoms with van der Waals surface area (Å²) in [5.74, 6) is 0.0470. The first-order valence-corrected chi connectivity index (χ1v) is 7.39. The summed E-state index contributed by atoms with van der Waals surface area (Å²) in [6.07, 6.45) is 2.76. The summed E-state index contributed by atoms with van der Waals surface area (Å²) in [4.78, 5) is 15.9. The number of nitrogens with one attached hydrogen (secondary N) is 1. The Morgan fingerprint density at radius 2 is 2.00 bits per heavy atom. The number of aryl methyl sites for hydroxylation is 1. The van der Waals surface area contributed by atoms with Gasteiger partial charge in [0.2, 0.25) is 0 Å². The summed E-state index contributed by atoms with van der Waals surface area (Å²) < 4.78 is 0.914. The second-order valence-electron chi connectivity index (χ2n) is 4.74. The molecule has 0 aliphatic carbocycles. The monoisotopic (exact) mass is 327 g/mol. The second-order valence-corrected chi connectivity index (χ2v) is 5.65. The minimum absolute atomic E-state index is 0.0470. The minimum Gasteiger partial charge on any atom is -0.360 e. The van der Waals surface area contributed by atoms with Crippen LogP contribution in [-0.4, -0.2) is 10.8 Å². The summed E-state index contributed by atoms with van der Waals surface area (Å²) in [5.41, 5.74) is 3.72. The Labute approximate surface area is 126 Å². The van der Waals surface area contributed by atoms with Gasteiger partial charge in [-0.3, -0.25) is 4.79 Å². The van der Waals surface area contributed by atoms with Crippen LogP contribution in [0.4, 0.5) is 0 Å². The van der Waals surface area contributed by atoms with Gasteiger partial charge < -0.3 is 4.98 Å². The predicted octanol–water partition coefficient (Wildman–Crippen LogP) is 4.72. The highest BCUT2D eigenvalue weighted by molar-refractivity contribution is 9.10. The number of benzene rings is 2. The molecule has 1 aromatic heterocycles. The number of hydrogen-bond donors (Lipinski definition) is 1. The SMILES string of the molecule is CCc1cccc2c(C(=O)c3cccc(Br)c3)c[nH]c12. The van der Waals surface area contributed by atoms with Gasteiger partial charge in [-0.1, -0.05) is 53.2 Å². The normalized spacial score (nSPS) is 10.9. The lowest BCUT2D eigenvalue weighted by Gasteiger charge is -2.02. The summed E-state index contributed by atoms with van der Waals surface area (Å²) in [6, 6.07) is 13.6. The van der Waals surface area contributed by atoms with Gasteiger partial charge in [0.05, 0.1) is 0 Å². The molecule has 100 valence electrons. The molecule has 0 unspecified atom stereocenters. The highest BCUT2D eigenvalue weighted by Gasteiger charge is 2.15. The topological polar surface area (TPSA) is 32.9 Å². The molecule has 0 saturated heterocycles. The smallest absolute Gasteiger partial charge is 0.195 e. The average molecular weight is 328 g/mol. The maximum absolute atomic E-state index is 12.6. The molecule has 3 rings (SSSR count). The van der Waals surface area contributed by atoms with Gasteiger partial charge >= 0.3 is 0 Å². The van der Waals surface area contributed by atoms with Crippen molar-refractivity contribution in [3.63, 3.8) is 0 Å². The largest absolute Gasteiger partial charge is 0.360 e. The average Bonchev–Trinajstić information content (AvgIpc) is 2.90. The van der Waals surface area contributed by atoms with E-state index in [0.717, 1.165) is 27.4 Å². The molecule has 0 bridgehead atoms. The zero-order chi connectivity index (χ0) is 14.1. The van der Waals surface area contributed by atoms with Crippen molar-refractivity contribution in [2.24, 2.45) is 0 Å². The van der Waals surface area contributed by atoms with Crippen molar-refractivity contribution in [1.82, 2.24) is 4.98 Å². The van der Waals surface area contributed by atoms with Crippen molar-refractivity contribution in [3.8, 4) is 0 Å². The number of hydrogen-bond acceptors (Lipinski definition) is 1. The van der Waals surface area contributed by atoms with Gasteiger partial charge in [-0.2, -0.15) is 0 Å². The Morgan fingerprint density at radius 1 is 1.20 bits per heavy atom. The Balaban J connectivity index is 2.13. The molecule has 0 aliphatic rings. The fourth-order valence-electron chi connectivity index (χ4n) is 2.48. The quantitative estimate of drug-likeness (QED) is 0.693. The number of ketones is 1. The number of fused-ring (bicyclic) bond motifs is 1. The molecule has 0 radical (unpaired) electrons. The van der Waals surface area contributed by atoms with Gasteiger partial charge in [-0.05, 0) is 24.1 Å². The van der Waals surface area contributed by atoms with Crippen LogP contribution < -0.4 is 0 Å². The molecule has 2 nitrogen and oxygen atoms in total. The summed E-state index contributed by atoms with van der Waals surface area (Å²) in [6.45, 7) is 2.12. The van der Waals surface area contributed by atoms with E-state index in [-0.39, 0.29) is 5.78 Å². The molecular weight excluding hydrogens is 314 g/mol. The molecule has 0 amide bonds. The fourth-order valence-corrected chi connectivity index (χ4v) is 2.88. The van der Waals surface area contributed by atoms with Gasteiger partial charge in [-0.25, -0.2) is 0 Å². The van der Waals surface area contributed by atoms with E-state index in [0.29, 0.717) is 5.56 Å². The number of aromatic nitrogens is 1. The molecule has 0 atom stereocenters. The lowest BCUT2D eigenvalue weighted by molar-refractivity contribution is 0.104. The molecule has 20 heavy (non-hydrogen) atoms. The summed E-state index contributed by atoms with van der Waals surface area (Å²) >= 11 is 3.41. The van der Waals surface area contributed by atoms with Crippen LogP contribution >= 0.6 is 15.9 Å². The molecule has 1 heterocycles. The molecule has 2 aromatic carbocycles. The Morgan fingerprint density at radius 3 is 2.75 bits per heavy atom. The zero-order valence-corrected chi connectivity index (χ0v) is 12.7. The van der Waals surface area contributed by atoms with Gasteiger partial charge in [0.25, 0.3) is 0 Å². The number of H-pyrrole nitrogens is 1. The first-order valence-electron chi connectivity index (χ1n) is 6.60. The number of carbonyl (C=O) groups excluding carboxylic acids is 1. The van der Waals surface area contributed by atoms with E-state index in [1.54, 1.807) is 0 Å². The molecule has 0 saturated carbocycles. The number of rotatable bonds is 3. The van der Waals surface area contributed by atoms with Gasteiger partial charge in [-0.15, -0.1) is 0 Å². The number of carbonyl (C=O) groups is 1. The molecule has 0 aliphatic heterocycles. The third-order valence-corrected chi connectivity index (χ3v) is 4.01. The van der Waals surface area contributed by atoms with Crippen molar-refractivity contribution in [2.45, 2.75) is 13.3 Å². The maximum atomic E-state index is 12.6. The molecule has 0 fully saturated rings. The lowest BCUT2D eigenvalue weighted by atomic mass is 10.0. The molecular formula is C17H14BrNO. The molecule has 1 N–H and O–H groups in total. The van der Waals surface area contributed by atoms with Crippen LogP contribution in [0, 0.1) is 0 Å². The number of aromatic amines is 1. The van der Waals surface area contributed by atoms with Crippen LogP contribution in [0.3, 0.4) is 0 Å². The number of para-hydroxylation sites is 1. The van der Waals surface area contributed by atoms with E-state index in [9.17, 15) is 4.79 Å². The van der Waals surface area contributed by atoms with Crippen molar-refractivity contribution in [2.75, 3.05) is 0 Å². The van der Waals surface area contributed by atoms with Crippen LogP contribution in [0.25, 0.3) is 10.9 Å². The highest BCUT2D eigenvalue weighted by atomic mass is 79.9. The molecule has 3 aromatic rings. The predicted molar refractivity (Wildman–Crippen MR) is 85.3 cm³/mol. The van der Waals surface area contributed by atoms with Crippen molar-refractivity contribution < 1.29 is 4.79 Å². The standard InChI is InChI=1S/C17H14BrNO/c1-2-11-5-4-8-14-15(10-19-16(11)14)17(20)12-6-3-7-13(18)9-12/h3-10,19H,2H2,1H3. The van der Waals surface area contributed by atoms with Crippen LogP contribution in [0.15, 0.2) is 53.1 Å². The van der Waals surface area contributed by atoms with Crippen LogP contribution in [0.1, 0.15) is 28.4 Å². The van der Waals surface area contributed by atoms with E-state index in [1.165, 1.54) is 5.56 Å². The number of halogens is 1.